The molecule has 0 unspecified atom stereocenters. The van der Waals surface area contributed by atoms with Crippen molar-refractivity contribution < 1.29 is 29.6 Å². The molecule has 8 heteroatoms. The molecule has 1 aliphatic rings. The van der Waals surface area contributed by atoms with Crippen LogP contribution in [0.15, 0.2) is 59.1 Å². The summed E-state index contributed by atoms with van der Waals surface area (Å²) in [6.45, 7) is 0.0336. The Kier molecular flexibility index (Phi) is 6.69. The summed E-state index contributed by atoms with van der Waals surface area (Å²) in [5.74, 6) is -2.67. The molecule has 148 valence electrons. The van der Waals surface area contributed by atoms with Crippen LogP contribution in [0.5, 0.6) is 5.75 Å². The summed E-state index contributed by atoms with van der Waals surface area (Å²) < 4.78 is 11.5. The van der Waals surface area contributed by atoms with Gasteiger partial charge in [0, 0.05) is 10.8 Å². The first-order valence-corrected chi connectivity index (χ1v) is 10.1. The van der Waals surface area contributed by atoms with E-state index in [0.29, 0.717) is 4.47 Å². The molecule has 2 aromatic rings. The van der Waals surface area contributed by atoms with Gasteiger partial charge in [-0.3, -0.25) is 0 Å². The molecule has 0 spiro atoms. The van der Waals surface area contributed by atoms with Gasteiger partial charge in [-0.25, -0.2) is 4.79 Å². The van der Waals surface area contributed by atoms with Crippen LogP contribution in [-0.2, 0) is 11.3 Å². The number of carboxylic acid groups (broad SMARTS) is 1. The van der Waals surface area contributed by atoms with E-state index in [9.17, 15) is 15.0 Å². The maximum absolute atomic E-state index is 11.5. The van der Waals surface area contributed by atoms with Crippen LogP contribution in [0.25, 0.3) is 0 Å². The Labute approximate surface area is 174 Å². The zero-order valence-corrected chi connectivity index (χ0v) is 17.1. The monoisotopic (exact) mass is 466 g/mol. The highest BCUT2D eigenvalue weighted by molar-refractivity contribution is 9.10. The average Bonchev–Trinajstić information content (AvgIpc) is 3.03. The minimum absolute atomic E-state index is 0.00151. The van der Waals surface area contributed by atoms with E-state index in [2.05, 4.69) is 15.9 Å². The van der Waals surface area contributed by atoms with Crippen molar-refractivity contribution in [2.45, 2.75) is 18.3 Å². The van der Waals surface area contributed by atoms with Gasteiger partial charge in [0.25, 0.3) is 0 Å². The molecular formula is C20H19BrO6S. The Hall–Kier alpha value is -1.97. The van der Waals surface area contributed by atoms with Crippen LogP contribution in [0.4, 0.5) is 0 Å². The first-order chi connectivity index (χ1) is 13.4. The van der Waals surface area contributed by atoms with Crippen LogP contribution in [0.1, 0.15) is 26.0 Å². The van der Waals surface area contributed by atoms with Gasteiger partial charge in [-0.1, -0.05) is 42.5 Å². The number of rotatable bonds is 8. The van der Waals surface area contributed by atoms with E-state index in [1.54, 1.807) is 24.3 Å². The number of halogens is 1. The van der Waals surface area contributed by atoms with Crippen LogP contribution in [0.2, 0.25) is 0 Å². The van der Waals surface area contributed by atoms with Gasteiger partial charge in [0.15, 0.2) is 10.6 Å². The average molecular weight is 467 g/mol. The fourth-order valence-electron chi connectivity index (χ4n) is 2.69. The number of carboxylic acids is 1. The van der Waals surface area contributed by atoms with Crippen molar-refractivity contribution in [1.82, 2.24) is 0 Å². The highest BCUT2D eigenvalue weighted by Gasteiger charge is 2.30. The van der Waals surface area contributed by atoms with E-state index < -0.39 is 11.8 Å². The smallest absolute Gasteiger partial charge is 0.349 e. The van der Waals surface area contributed by atoms with Crippen LogP contribution in [-0.4, -0.2) is 40.3 Å². The second-order valence-electron chi connectivity index (χ2n) is 6.09. The van der Waals surface area contributed by atoms with Gasteiger partial charge in [-0.15, -0.1) is 11.3 Å². The molecule has 0 saturated heterocycles. The van der Waals surface area contributed by atoms with Gasteiger partial charge >= 0.3 is 5.97 Å². The minimum atomic E-state index is -1.53. The molecule has 1 aromatic carbocycles. The molecule has 1 aliphatic carbocycles. The highest BCUT2D eigenvalue weighted by Crippen LogP contribution is 2.45. The van der Waals surface area contributed by atoms with Crippen LogP contribution in [0.3, 0.4) is 0 Å². The standard InChI is InChI=1S/C20H19BrO6S/c21-15-16(26-11-10-22)18(19(23)24)28-17(15)14-6-8-20(25,9-7-14)27-12-13-4-2-1-3-5-13/h1-9,14,22,25H,10-12H2,(H,23,24). The summed E-state index contributed by atoms with van der Waals surface area (Å²) in [5, 5.41) is 28.9. The minimum Gasteiger partial charge on any atom is -0.488 e. The van der Waals surface area contributed by atoms with E-state index in [1.807, 2.05) is 30.3 Å². The molecule has 0 saturated carbocycles. The first-order valence-electron chi connectivity index (χ1n) is 8.51. The van der Waals surface area contributed by atoms with Gasteiger partial charge in [-0.05, 0) is 33.6 Å². The molecule has 0 bridgehead atoms. The predicted molar refractivity (Wildman–Crippen MR) is 109 cm³/mol. The normalized spacial score (nSPS) is 21.0. The summed E-state index contributed by atoms with van der Waals surface area (Å²) in [6, 6.07) is 9.53. The lowest BCUT2D eigenvalue weighted by Gasteiger charge is -2.25. The van der Waals surface area contributed by atoms with E-state index >= 15 is 0 Å². The number of hydrogen-bond acceptors (Lipinski definition) is 6. The summed E-state index contributed by atoms with van der Waals surface area (Å²) >= 11 is 4.49. The van der Waals surface area contributed by atoms with Crippen molar-refractivity contribution in [3.8, 4) is 5.75 Å². The number of thiophene rings is 1. The number of benzene rings is 1. The number of aliphatic hydroxyl groups excluding tert-OH is 1. The Morgan fingerprint density at radius 2 is 1.89 bits per heavy atom. The molecule has 0 radical (unpaired) electrons. The van der Waals surface area contributed by atoms with Gasteiger partial charge in [0.1, 0.15) is 6.61 Å². The van der Waals surface area contributed by atoms with Crippen molar-refractivity contribution >= 4 is 33.2 Å². The van der Waals surface area contributed by atoms with E-state index in [0.717, 1.165) is 21.8 Å². The molecular weight excluding hydrogens is 448 g/mol. The van der Waals surface area contributed by atoms with Gasteiger partial charge in [0.2, 0.25) is 5.79 Å². The molecule has 0 atom stereocenters. The third-order valence-electron chi connectivity index (χ3n) is 4.07. The number of hydrogen-bond donors (Lipinski definition) is 3. The Morgan fingerprint density at radius 3 is 2.50 bits per heavy atom. The number of allylic oxidation sites excluding steroid dienone is 2. The van der Waals surface area contributed by atoms with Crippen molar-refractivity contribution in [2.24, 2.45) is 0 Å². The van der Waals surface area contributed by atoms with Gasteiger partial charge < -0.3 is 24.8 Å². The Morgan fingerprint density at radius 1 is 1.21 bits per heavy atom. The SMILES string of the molecule is O=C(O)c1sc(C2C=CC(O)(OCc3ccccc3)C=C2)c(Br)c1OCCO. The summed E-state index contributed by atoms with van der Waals surface area (Å²) in [7, 11) is 0. The molecule has 0 aliphatic heterocycles. The van der Waals surface area contributed by atoms with Crippen LogP contribution >= 0.6 is 27.3 Å². The zero-order valence-electron chi connectivity index (χ0n) is 14.7. The Balaban J connectivity index is 1.75. The molecule has 1 aromatic heterocycles. The molecule has 28 heavy (non-hydrogen) atoms. The number of carbonyl (C=O) groups is 1. The third-order valence-corrected chi connectivity index (χ3v) is 6.38. The molecule has 3 rings (SSSR count). The van der Waals surface area contributed by atoms with Crippen molar-refractivity contribution in [1.29, 1.82) is 0 Å². The molecule has 6 nitrogen and oxygen atoms in total. The summed E-state index contributed by atoms with van der Waals surface area (Å²) in [4.78, 5) is 12.3. The summed E-state index contributed by atoms with van der Waals surface area (Å²) in [5.41, 5.74) is 0.942. The fourth-order valence-corrected chi connectivity index (χ4v) is 4.68. The highest BCUT2D eigenvalue weighted by atomic mass is 79.9. The van der Waals surface area contributed by atoms with Crippen LogP contribution in [0, 0.1) is 0 Å². The molecule has 0 amide bonds. The first kappa shape index (κ1) is 20.8. The maximum atomic E-state index is 11.5. The van der Waals surface area contributed by atoms with Crippen molar-refractivity contribution in [2.75, 3.05) is 13.2 Å². The lowest BCUT2D eigenvalue weighted by atomic mass is 9.98. The summed E-state index contributed by atoms with van der Waals surface area (Å²) in [6.07, 6.45) is 6.59. The van der Waals surface area contributed by atoms with Gasteiger partial charge in [0.05, 0.1) is 17.7 Å². The second-order valence-corrected chi connectivity index (χ2v) is 7.93. The molecule has 0 fully saturated rings. The quantitative estimate of drug-likeness (QED) is 0.405. The number of aromatic carboxylic acids is 1. The molecule has 3 N–H and O–H groups in total. The predicted octanol–water partition coefficient (Wildman–Crippen LogP) is 3.69. The van der Waals surface area contributed by atoms with E-state index in [-0.39, 0.29) is 36.4 Å². The fraction of sp³-hybridized carbons (Fsp3) is 0.250. The van der Waals surface area contributed by atoms with Crippen molar-refractivity contribution in [3.63, 3.8) is 0 Å². The van der Waals surface area contributed by atoms with Gasteiger partial charge in [-0.2, -0.15) is 0 Å². The third kappa shape index (κ3) is 4.71. The Bertz CT molecular complexity index is 876. The largest absolute Gasteiger partial charge is 0.488 e. The van der Waals surface area contributed by atoms with Crippen LogP contribution < -0.4 is 4.74 Å². The van der Waals surface area contributed by atoms with E-state index in [4.69, 9.17) is 14.6 Å². The number of aliphatic hydroxyl groups is 2. The second kappa shape index (κ2) is 9.02. The zero-order chi connectivity index (χ0) is 20.1. The lowest BCUT2D eigenvalue weighted by Crippen LogP contribution is -2.29. The molecule has 1 heterocycles. The lowest BCUT2D eigenvalue weighted by molar-refractivity contribution is -0.139. The van der Waals surface area contributed by atoms with E-state index in [1.165, 1.54) is 0 Å². The maximum Gasteiger partial charge on any atom is 0.349 e. The van der Waals surface area contributed by atoms with Crippen molar-refractivity contribution in [3.05, 3.63) is 74.4 Å². The topological polar surface area (TPSA) is 96.2 Å². The number of ether oxygens (including phenoxy) is 2.